The molecule has 2 aromatic heterocycles. The van der Waals surface area contributed by atoms with Gasteiger partial charge >= 0.3 is 0 Å². The first-order valence-electron chi connectivity index (χ1n) is 8.88. The summed E-state index contributed by atoms with van der Waals surface area (Å²) in [5.74, 6) is 5.11. The summed E-state index contributed by atoms with van der Waals surface area (Å²) in [6, 6.07) is 4.24. The smallest absolute Gasteiger partial charge is 0.132 e. The molecule has 6 heteroatoms. The van der Waals surface area contributed by atoms with E-state index in [2.05, 4.69) is 35.8 Å². The van der Waals surface area contributed by atoms with Crippen LogP contribution in [0.25, 0.3) is 0 Å². The van der Waals surface area contributed by atoms with Crippen molar-refractivity contribution < 1.29 is 0 Å². The molecule has 2 unspecified atom stereocenters. The monoisotopic (exact) mass is 322 g/mol. The standard InChI is InChI=1S/C18H22N6/c1-12-19-5-4-17(22-12)23-7-14-9-24(10-15(14)8-23)18-6-16(13-2-3-13)20-11-21-18/h4-6,11,13-15H,2-3,7-10H2,1H3. The van der Waals surface area contributed by atoms with Crippen molar-refractivity contribution in [2.75, 3.05) is 36.0 Å². The van der Waals surface area contributed by atoms with E-state index in [-0.39, 0.29) is 0 Å². The third kappa shape index (κ3) is 2.50. The summed E-state index contributed by atoms with van der Waals surface area (Å²) in [7, 11) is 0. The molecule has 3 aliphatic rings. The average Bonchev–Trinajstić information content (AvgIpc) is 3.25. The predicted octanol–water partition coefficient (Wildman–Crippen LogP) is 2.03. The van der Waals surface area contributed by atoms with Crippen LogP contribution in [0.1, 0.15) is 30.3 Å². The Bertz CT molecular complexity index is 745. The van der Waals surface area contributed by atoms with Gasteiger partial charge in [-0.2, -0.15) is 0 Å². The van der Waals surface area contributed by atoms with E-state index in [4.69, 9.17) is 0 Å². The molecule has 2 saturated heterocycles. The molecule has 1 saturated carbocycles. The van der Waals surface area contributed by atoms with Crippen molar-refractivity contribution in [2.24, 2.45) is 11.8 Å². The van der Waals surface area contributed by atoms with E-state index in [0.717, 1.165) is 43.6 Å². The van der Waals surface area contributed by atoms with Crippen LogP contribution in [-0.2, 0) is 0 Å². The zero-order valence-corrected chi connectivity index (χ0v) is 14.0. The fraction of sp³-hybridized carbons (Fsp3) is 0.556. The number of aryl methyl sites for hydroxylation is 1. The van der Waals surface area contributed by atoms with Gasteiger partial charge in [0.2, 0.25) is 0 Å². The second-order valence-electron chi connectivity index (χ2n) is 7.37. The van der Waals surface area contributed by atoms with E-state index >= 15 is 0 Å². The maximum absolute atomic E-state index is 4.58. The highest BCUT2D eigenvalue weighted by Gasteiger charge is 2.41. The molecule has 2 aromatic rings. The Labute approximate surface area is 142 Å². The fourth-order valence-corrected chi connectivity index (χ4v) is 4.12. The second-order valence-corrected chi connectivity index (χ2v) is 7.37. The van der Waals surface area contributed by atoms with Gasteiger partial charge in [-0.05, 0) is 25.8 Å². The van der Waals surface area contributed by atoms with Gasteiger partial charge in [0.1, 0.15) is 23.8 Å². The maximum atomic E-state index is 4.58. The molecule has 124 valence electrons. The second kappa shape index (κ2) is 5.40. The van der Waals surface area contributed by atoms with Crippen LogP contribution in [0, 0.1) is 18.8 Å². The molecular weight excluding hydrogens is 300 g/mol. The molecule has 24 heavy (non-hydrogen) atoms. The molecule has 2 atom stereocenters. The maximum Gasteiger partial charge on any atom is 0.132 e. The molecule has 0 bridgehead atoms. The topological polar surface area (TPSA) is 58.0 Å². The molecule has 0 N–H and O–H groups in total. The number of fused-ring (bicyclic) bond motifs is 1. The van der Waals surface area contributed by atoms with Crippen LogP contribution in [0.5, 0.6) is 0 Å². The Morgan fingerprint density at radius 3 is 2.29 bits per heavy atom. The van der Waals surface area contributed by atoms with Gasteiger partial charge in [0.05, 0.1) is 0 Å². The van der Waals surface area contributed by atoms with E-state index in [9.17, 15) is 0 Å². The van der Waals surface area contributed by atoms with Crippen LogP contribution in [0.3, 0.4) is 0 Å². The number of nitrogens with zero attached hydrogens (tertiary/aromatic N) is 6. The number of aromatic nitrogens is 4. The van der Waals surface area contributed by atoms with Gasteiger partial charge in [-0.3, -0.25) is 0 Å². The summed E-state index contributed by atoms with van der Waals surface area (Å²) in [6.07, 6.45) is 6.18. The molecule has 4 heterocycles. The Hall–Kier alpha value is -2.24. The Kier molecular flexibility index (Phi) is 3.18. The van der Waals surface area contributed by atoms with Gasteiger partial charge in [-0.1, -0.05) is 0 Å². The Balaban J connectivity index is 1.29. The van der Waals surface area contributed by atoms with Crippen molar-refractivity contribution in [2.45, 2.75) is 25.7 Å². The first-order valence-corrected chi connectivity index (χ1v) is 8.88. The minimum atomic E-state index is 0.686. The number of rotatable bonds is 3. The van der Waals surface area contributed by atoms with Gasteiger partial charge < -0.3 is 9.80 Å². The van der Waals surface area contributed by atoms with Crippen molar-refractivity contribution in [3.05, 3.63) is 36.2 Å². The summed E-state index contributed by atoms with van der Waals surface area (Å²) in [4.78, 5) is 22.6. The molecular formula is C18H22N6. The average molecular weight is 322 g/mol. The number of hydrogen-bond acceptors (Lipinski definition) is 6. The Morgan fingerprint density at radius 1 is 0.917 bits per heavy atom. The van der Waals surface area contributed by atoms with E-state index in [1.807, 2.05) is 19.2 Å². The number of anilines is 2. The van der Waals surface area contributed by atoms with Crippen LogP contribution in [-0.4, -0.2) is 46.1 Å². The van der Waals surface area contributed by atoms with Crippen molar-refractivity contribution in [1.29, 1.82) is 0 Å². The van der Waals surface area contributed by atoms with Gasteiger partial charge in [-0.15, -0.1) is 0 Å². The van der Waals surface area contributed by atoms with Gasteiger partial charge in [0.25, 0.3) is 0 Å². The predicted molar refractivity (Wildman–Crippen MR) is 92.2 cm³/mol. The SMILES string of the molecule is Cc1nccc(N2CC3CN(c4cc(C5CC5)ncn4)CC3C2)n1. The van der Waals surface area contributed by atoms with Crippen LogP contribution in [0.15, 0.2) is 24.7 Å². The molecule has 0 radical (unpaired) electrons. The zero-order chi connectivity index (χ0) is 16.1. The summed E-state index contributed by atoms with van der Waals surface area (Å²) in [5, 5.41) is 0. The largest absolute Gasteiger partial charge is 0.356 e. The normalized spacial score (nSPS) is 26.0. The van der Waals surface area contributed by atoms with Crippen molar-refractivity contribution in [1.82, 2.24) is 19.9 Å². The van der Waals surface area contributed by atoms with Crippen molar-refractivity contribution in [3.8, 4) is 0 Å². The minimum absolute atomic E-state index is 0.686. The lowest BCUT2D eigenvalue weighted by Crippen LogP contribution is -2.29. The molecule has 0 spiro atoms. The van der Waals surface area contributed by atoms with Gasteiger partial charge in [0, 0.05) is 61.9 Å². The lowest BCUT2D eigenvalue weighted by atomic mass is 10.0. The summed E-state index contributed by atoms with van der Waals surface area (Å²) in [6.45, 7) is 6.30. The molecule has 3 fully saturated rings. The first-order chi connectivity index (χ1) is 11.8. The quantitative estimate of drug-likeness (QED) is 0.862. The third-order valence-corrected chi connectivity index (χ3v) is 5.56. The minimum Gasteiger partial charge on any atom is -0.356 e. The highest BCUT2D eigenvalue weighted by atomic mass is 15.3. The molecule has 5 rings (SSSR count). The summed E-state index contributed by atoms with van der Waals surface area (Å²) in [5.41, 5.74) is 1.23. The van der Waals surface area contributed by atoms with E-state index < -0.39 is 0 Å². The molecule has 1 aliphatic carbocycles. The zero-order valence-electron chi connectivity index (χ0n) is 14.0. The van der Waals surface area contributed by atoms with Crippen molar-refractivity contribution in [3.63, 3.8) is 0 Å². The van der Waals surface area contributed by atoms with Gasteiger partial charge in [-0.25, -0.2) is 19.9 Å². The molecule has 0 amide bonds. The highest BCUT2D eigenvalue weighted by Crippen LogP contribution is 2.40. The third-order valence-electron chi connectivity index (χ3n) is 5.56. The van der Waals surface area contributed by atoms with Crippen LogP contribution < -0.4 is 9.80 Å². The summed E-state index contributed by atoms with van der Waals surface area (Å²) >= 11 is 0. The number of hydrogen-bond donors (Lipinski definition) is 0. The molecule has 0 aromatic carbocycles. The Morgan fingerprint density at radius 2 is 1.62 bits per heavy atom. The van der Waals surface area contributed by atoms with Crippen LogP contribution >= 0.6 is 0 Å². The summed E-state index contributed by atoms with van der Waals surface area (Å²) < 4.78 is 0. The molecule has 6 nitrogen and oxygen atoms in total. The van der Waals surface area contributed by atoms with Crippen molar-refractivity contribution >= 4 is 11.6 Å². The lowest BCUT2D eigenvalue weighted by molar-refractivity contribution is 0.533. The van der Waals surface area contributed by atoms with E-state index in [1.54, 1.807) is 6.33 Å². The van der Waals surface area contributed by atoms with E-state index in [0.29, 0.717) is 17.8 Å². The highest BCUT2D eigenvalue weighted by molar-refractivity contribution is 5.45. The molecule has 2 aliphatic heterocycles. The first kappa shape index (κ1) is 14.1. The lowest BCUT2D eigenvalue weighted by Gasteiger charge is -2.23. The van der Waals surface area contributed by atoms with Crippen LogP contribution in [0.4, 0.5) is 11.6 Å². The van der Waals surface area contributed by atoms with Crippen LogP contribution in [0.2, 0.25) is 0 Å². The fourth-order valence-electron chi connectivity index (χ4n) is 4.12. The van der Waals surface area contributed by atoms with Gasteiger partial charge in [0.15, 0.2) is 0 Å². The van der Waals surface area contributed by atoms with E-state index in [1.165, 1.54) is 18.5 Å².